The fraction of sp³-hybridized carbons (Fsp3) is 0.294. The van der Waals surface area contributed by atoms with E-state index in [1.807, 2.05) is 6.07 Å². The van der Waals surface area contributed by atoms with Gasteiger partial charge in [0.25, 0.3) is 0 Å². The Kier molecular flexibility index (Phi) is 5.97. The van der Waals surface area contributed by atoms with Crippen molar-refractivity contribution in [3.63, 3.8) is 0 Å². The molecule has 1 nitrogen and oxygen atoms in total. The van der Waals surface area contributed by atoms with E-state index < -0.39 is 0 Å². The molecule has 2 aromatic rings. The van der Waals surface area contributed by atoms with Gasteiger partial charge in [-0.2, -0.15) is 0 Å². The van der Waals surface area contributed by atoms with Gasteiger partial charge in [0.1, 0.15) is 5.82 Å². The number of halogens is 3. The Morgan fingerprint density at radius 3 is 2.62 bits per heavy atom. The molecule has 0 aliphatic rings. The van der Waals surface area contributed by atoms with E-state index in [2.05, 4.69) is 69.2 Å². The summed E-state index contributed by atoms with van der Waals surface area (Å²) in [5.74, 6) is -0.220. The van der Waals surface area contributed by atoms with E-state index in [4.69, 9.17) is 0 Å². The minimum atomic E-state index is -0.220. The van der Waals surface area contributed by atoms with Crippen molar-refractivity contribution in [2.24, 2.45) is 0 Å². The molecule has 0 aromatic heterocycles. The van der Waals surface area contributed by atoms with Gasteiger partial charge in [0.15, 0.2) is 0 Å². The van der Waals surface area contributed by atoms with Gasteiger partial charge in [0, 0.05) is 15.0 Å². The molecule has 112 valence electrons. The van der Waals surface area contributed by atoms with Crippen LogP contribution in [-0.2, 0) is 6.42 Å². The van der Waals surface area contributed by atoms with Crippen LogP contribution in [0.5, 0.6) is 0 Å². The van der Waals surface area contributed by atoms with Gasteiger partial charge in [0.2, 0.25) is 0 Å². The van der Waals surface area contributed by atoms with Crippen molar-refractivity contribution in [2.45, 2.75) is 26.3 Å². The van der Waals surface area contributed by atoms with Crippen molar-refractivity contribution in [2.75, 3.05) is 6.54 Å². The molecule has 0 saturated carbocycles. The molecule has 0 bridgehead atoms. The number of nitrogens with one attached hydrogen (secondary N) is 1. The molecule has 1 N–H and O–H groups in total. The van der Waals surface area contributed by atoms with Gasteiger partial charge in [-0.15, -0.1) is 0 Å². The summed E-state index contributed by atoms with van der Waals surface area (Å²) in [7, 11) is 0. The van der Waals surface area contributed by atoms with Crippen molar-refractivity contribution in [1.82, 2.24) is 5.32 Å². The molecule has 1 unspecified atom stereocenters. The zero-order valence-electron chi connectivity index (χ0n) is 12.1. The van der Waals surface area contributed by atoms with Crippen LogP contribution in [-0.4, -0.2) is 6.54 Å². The van der Waals surface area contributed by atoms with E-state index in [9.17, 15) is 4.39 Å². The highest BCUT2D eigenvalue weighted by atomic mass is 79.9. The summed E-state index contributed by atoms with van der Waals surface area (Å²) >= 11 is 7.14. The number of hydrogen-bond acceptors (Lipinski definition) is 1. The molecule has 0 fully saturated rings. The first-order chi connectivity index (χ1) is 10.0. The van der Waals surface area contributed by atoms with Crippen LogP contribution in [0.4, 0.5) is 4.39 Å². The minimum absolute atomic E-state index is 0.186. The third-order valence-electron chi connectivity index (χ3n) is 3.49. The zero-order chi connectivity index (χ0) is 15.4. The third kappa shape index (κ3) is 4.15. The molecule has 0 aliphatic carbocycles. The summed E-state index contributed by atoms with van der Waals surface area (Å²) in [4.78, 5) is 0. The summed E-state index contributed by atoms with van der Waals surface area (Å²) in [5, 5.41) is 3.51. The first kappa shape index (κ1) is 16.7. The second-order valence-electron chi connectivity index (χ2n) is 5.03. The molecule has 0 saturated heterocycles. The summed E-state index contributed by atoms with van der Waals surface area (Å²) in [6, 6.07) is 11.3. The van der Waals surface area contributed by atoms with Crippen molar-refractivity contribution >= 4 is 31.9 Å². The Hall–Kier alpha value is -0.710. The van der Waals surface area contributed by atoms with Crippen molar-refractivity contribution in [3.8, 4) is 0 Å². The Morgan fingerprint density at radius 2 is 1.95 bits per heavy atom. The van der Waals surface area contributed by atoms with E-state index in [-0.39, 0.29) is 11.9 Å². The molecule has 21 heavy (non-hydrogen) atoms. The predicted octanol–water partition coefficient (Wildman–Crippen LogP) is 5.55. The van der Waals surface area contributed by atoms with Crippen LogP contribution in [0.15, 0.2) is 45.3 Å². The van der Waals surface area contributed by atoms with E-state index in [1.165, 1.54) is 23.3 Å². The van der Waals surface area contributed by atoms with E-state index >= 15 is 0 Å². The number of rotatable bonds is 5. The molecular weight excluding hydrogens is 397 g/mol. The van der Waals surface area contributed by atoms with Crippen LogP contribution in [0.1, 0.15) is 29.7 Å². The Labute approximate surface area is 142 Å². The highest BCUT2D eigenvalue weighted by molar-refractivity contribution is 9.10. The lowest BCUT2D eigenvalue weighted by Crippen LogP contribution is -2.23. The van der Waals surface area contributed by atoms with Crippen LogP contribution in [0, 0.1) is 12.7 Å². The maximum absolute atomic E-state index is 13.2. The van der Waals surface area contributed by atoms with Gasteiger partial charge in [-0.25, -0.2) is 4.39 Å². The molecule has 0 amide bonds. The second kappa shape index (κ2) is 7.52. The van der Waals surface area contributed by atoms with Crippen molar-refractivity contribution in [1.29, 1.82) is 0 Å². The van der Waals surface area contributed by atoms with Crippen LogP contribution in [0.2, 0.25) is 0 Å². The van der Waals surface area contributed by atoms with Crippen LogP contribution >= 0.6 is 31.9 Å². The Balaban J connectivity index is 2.33. The maximum Gasteiger partial charge on any atom is 0.124 e. The Bertz CT molecular complexity index is 628. The van der Waals surface area contributed by atoms with Gasteiger partial charge in [-0.3, -0.25) is 0 Å². The first-order valence-electron chi connectivity index (χ1n) is 6.95. The average Bonchev–Trinajstić information content (AvgIpc) is 2.44. The fourth-order valence-corrected chi connectivity index (χ4v) is 3.44. The number of likely N-dealkylation sites (N-methyl/N-ethyl adjacent to an activating group) is 1. The number of aryl methyl sites for hydroxylation is 1. The molecule has 2 rings (SSSR count). The topological polar surface area (TPSA) is 12.0 Å². The normalized spacial score (nSPS) is 12.4. The van der Waals surface area contributed by atoms with Gasteiger partial charge in [-0.05, 0) is 48.7 Å². The van der Waals surface area contributed by atoms with E-state index in [0.29, 0.717) is 0 Å². The van der Waals surface area contributed by atoms with Gasteiger partial charge < -0.3 is 5.32 Å². The van der Waals surface area contributed by atoms with E-state index in [1.54, 1.807) is 0 Å². The fourth-order valence-electron chi connectivity index (χ4n) is 2.38. The minimum Gasteiger partial charge on any atom is -0.310 e. The molecule has 2 aromatic carbocycles. The molecule has 0 radical (unpaired) electrons. The lowest BCUT2D eigenvalue weighted by Gasteiger charge is -2.21. The maximum atomic E-state index is 13.2. The quantitative estimate of drug-likeness (QED) is 0.675. The summed E-state index contributed by atoms with van der Waals surface area (Å²) in [6.45, 7) is 5.06. The summed E-state index contributed by atoms with van der Waals surface area (Å²) in [5.41, 5.74) is 3.54. The molecular formula is C17H18Br2FN. The number of hydrogen-bond donors (Lipinski definition) is 1. The standard InChI is InChI=1S/C17H18Br2FN/c1-3-21-16(14-6-4-5-11(2)17(14)19)9-12-7-8-13(20)10-15(12)18/h4-8,10,16,21H,3,9H2,1-2H3. The highest BCUT2D eigenvalue weighted by Crippen LogP contribution is 2.30. The largest absolute Gasteiger partial charge is 0.310 e. The predicted molar refractivity (Wildman–Crippen MR) is 93.1 cm³/mol. The van der Waals surface area contributed by atoms with Gasteiger partial charge in [0.05, 0.1) is 0 Å². The van der Waals surface area contributed by atoms with Crippen LogP contribution in [0.25, 0.3) is 0 Å². The number of benzene rings is 2. The molecule has 0 spiro atoms. The van der Waals surface area contributed by atoms with Gasteiger partial charge >= 0.3 is 0 Å². The van der Waals surface area contributed by atoms with Crippen LogP contribution < -0.4 is 5.32 Å². The molecule has 4 heteroatoms. The molecule has 0 heterocycles. The van der Waals surface area contributed by atoms with Gasteiger partial charge in [-0.1, -0.05) is 63.0 Å². The van der Waals surface area contributed by atoms with Crippen LogP contribution in [0.3, 0.4) is 0 Å². The second-order valence-corrected chi connectivity index (χ2v) is 6.68. The Morgan fingerprint density at radius 1 is 1.19 bits per heavy atom. The molecule has 0 aliphatic heterocycles. The van der Waals surface area contributed by atoms with E-state index in [0.717, 1.165) is 27.5 Å². The van der Waals surface area contributed by atoms with Crippen molar-refractivity contribution < 1.29 is 4.39 Å². The average molecular weight is 415 g/mol. The highest BCUT2D eigenvalue weighted by Gasteiger charge is 2.16. The monoisotopic (exact) mass is 413 g/mol. The first-order valence-corrected chi connectivity index (χ1v) is 8.53. The molecule has 1 atom stereocenters. The smallest absolute Gasteiger partial charge is 0.124 e. The van der Waals surface area contributed by atoms with Crippen molar-refractivity contribution in [3.05, 3.63) is 67.9 Å². The summed E-state index contributed by atoms with van der Waals surface area (Å²) in [6.07, 6.45) is 0.802. The SMILES string of the molecule is CCNC(Cc1ccc(F)cc1Br)c1cccc(C)c1Br. The zero-order valence-corrected chi connectivity index (χ0v) is 15.3. The lowest BCUT2D eigenvalue weighted by molar-refractivity contribution is 0.545. The lowest BCUT2D eigenvalue weighted by atomic mass is 9.97. The third-order valence-corrected chi connectivity index (χ3v) is 5.31. The summed E-state index contributed by atoms with van der Waals surface area (Å²) < 4.78 is 15.2.